The Balaban J connectivity index is 1.75. The molecule has 1 aromatic carbocycles. The molecule has 0 heterocycles. The summed E-state index contributed by atoms with van der Waals surface area (Å²) in [7, 11) is 0. The fraction of sp³-hybridized carbons (Fsp3) is 0.562. The lowest BCUT2D eigenvalue weighted by atomic mass is 10.1. The van der Waals surface area contributed by atoms with Gasteiger partial charge in [-0.25, -0.2) is 0 Å². The molecule has 0 spiro atoms. The van der Waals surface area contributed by atoms with E-state index in [1.807, 2.05) is 12.1 Å². The Labute approximate surface area is 115 Å². The first-order valence-electron chi connectivity index (χ1n) is 7.25. The average Bonchev–Trinajstić information content (AvgIpc) is 3.20. The van der Waals surface area contributed by atoms with Gasteiger partial charge in [-0.2, -0.15) is 0 Å². The summed E-state index contributed by atoms with van der Waals surface area (Å²) < 4.78 is 0. The van der Waals surface area contributed by atoms with Gasteiger partial charge in [0.2, 0.25) is 5.91 Å². The monoisotopic (exact) mass is 260 g/mol. The molecule has 0 bridgehead atoms. The second kappa shape index (κ2) is 6.71. The molecule has 1 fully saturated rings. The van der Waals surface area contributed by atoms with Crippen molar-refractivity contribution < 1.29 is 4.79 Å². The molecule has 0 aromatic heterocycles. The molecule has 0 unspecified atom stereocenters. The van der Waals surface area contributed by atoms with Gasteiger partial charge >= 0.3 is 0 Å². The van der Waals surface area contributed by atoms with Crippen molar-refractivity contribution in [3.8, 4) is 0 Å². The minimum absolute atomic E-state index is 0.109. The molecule has 104 valence electrons. The standard InChI is InChI=1S/C16H24N2O/c1-12(2)3-10-16(19)18-15-6-4-13(5-7-15)11-17-14-8-9-14/h4-7,12,14,17H,3,8-11H2,1-2H3,(H,18,19). The molecule has 0 aliphatic heterocycles. The maximum Gasteiger partial charge on any atom is 0.224 e. The van der Waals surface area contributed by atoms with Crippen LogP contribution < -0.4 is 10.6 Å². The van der Waals surface area contributed by atoms with Gasteiger partial charge in [-0.3, -0.25) is 4.79 Å². The summed E-state index contributed by atoms with van der Waals surface area (Å²) >= 11 is 0. The molecule has 0 atom stereocenters. The fourth-order valence-corrected chi connectivity index (χ4v) is 1.90. The molecule has 19 heavy (non-hydrogen) atoms. The van der Waals surface area contributed by atoms with Crippen molar-refractivity contribution in [2.45, 2.75) is 52.1 Å². The summed E-state index contributed by atoms with van der Waals surface area (Å²) in [5, 5.41) is 6.42. The van der Waals surface area contributed by atoms with Crippen molar-refractivity contribution in [3.05, 3.63) is 29.8 Å². The molecule has 2 N–H and O–H groups in total. The third-order valence-electron chi connectivity index (χ3n) is 3.36. The summed E-state index contributed by atoms with van der Waals surface area (Å²) in [6, 6.07) is 8.85. The zero-order valence-corrected chi connectivity index (χ0v) is 11.9. The molecule has 2 rings (SSSR count). The summed E-state index contributed by atoms with van der Waals surface area (Å²) in [5.74, 6) is 0.680. The van der Waals surface area contributed by atoms with E-state index >= 15 is 0 Å². The van der Waals surface area contributed by atoms with Crippen LogP contribution in [-0.4, -0.2) is 11.9 Å². The van der Waals surface area contributed by atoms with Crippen molar-refractivity contribution in [3.63, 3.8) is 0 Å². The van der Waals surface area contributed by atoms with Crippen LogP contribution >= 0.6 is 0 Å². The van der Waals surface area contributed by atoms with Crippen LogP contribution in [0.2, 0.25) is 0 Å². The zero-order chi connectivity index (χ0) is 13.7. The summed E-state index contributed by atoms with van der Waals surface area (Å²) in [4.78, 5) is 11.7. The Hall–Kier alpha value is -1.35. The molecule has 1 saturated carbocycles. The number of hydrogen-bond acceptors (Lipinski definition) is 2. The maximum atomic E-state index is 11.7. The summed E-state index contributed by atoms with van der Waals surface area (Å²) in [5.41, 5.74) is 2.16. The van der Waals surface area contributed by atoms with E-state index in [0.717, 1.165) is 24.7 Å². The van der Waals surface area contributed by atoms with E-state index in [0.29, 0.717) is 12.3 Å². The van der Waals surface area contributed by atoms with E-state index in [9.17, 15) is 4.79 Å². The number of nitrogens with one attached hydrogen (secondary N) is 2. The van der Waals surface area contributed by atoms with E-state index in [4.69, 9.17) is 0 Å². The van der Waals surface area contributed by atoms with E-state index < -0.39 is 0 Å². The molecule has 0 saturated heterocycles. The van der Waals surface area contributed by atoms with Crippen molar-refractivity contribution in [2.75, 3.05) is 5.32 Å². The van der Waals surface area contributed by atoms with Crippen molar-refractivity contribution in [1.29, 1.82) is 0 Å². The van der Waals surface area contributed by atoms with Gasteiger partial charge in [0.1, 0.15) is 0 Å². The molecular weight excluding hydrogens is 236 g/mol. The molecule has 1 aromatic rings. The third kappa shape index (κ3) is 5.43. The topological polar surface area (TPSA) is 41.1 Å². The first kappa shape index (κ1) is 14.1. The van der Waals surface area contributed by atoms with Gasteiger partial charge in [-0.05, 0) is 42.9 Å². The van der Waals surface area contributed by atoms with Crippen LogP contribution in [0, 0.1) is 5.92 Å². The normalized spacial score (nSPS) is 14.7. The zero-order valence-electron chi connectivity index (χ0n) is 11.9. The number of carbonyl (C=O) groups is 1. The lowest BCUT2D eigenvalue weighted by molar-refractivity contribution is -0.116. The van der Waals surface area contributed by atoms with E-state index in [-0.39, 0.29) is 5.91 Å². The lowest BCUT2D eigenvalue weighted by Gasteiger charge is -2.08. The number of amides is 1. The fourth-order valence-electron chi connectivity index (χ4n) is 1.90. The SMILES string of the molecule is CC(C)CCC(=O)Nc1ccc(CNC2CC2)cc1. The highest BCUT2D eigenvalue weighted by atomic mass is 16.1. The van der Waals surface area contributed by atoms with Crippen molar-refractivity contribution in [1.82, 2.24) is 5.32 Å². The van der Waals surface area contributed by atoms with Crippen molar-refractivity contribution >= 4 is 11.6 Å². The first-order chi connectivity index (χ1) is 9.13. The molecule has 1 aliphatic carbocycles. The number of hydrogen-bond donors (Lipinski definition) is 2. The molecule has 3 nitrogen and oxygen atoms in total. The van der Waals surface area contributed by atoms with Crippen LogP contribution in [0.4, 0.5) is 5.69 Å². The quantitative estimate of drug-likeness (QED) is 0.789. The Kier molecular flexibility index (Phi) is 4.97. The van der Waals surface area contributed by atoms with Gasteiger partial charge in [0.05, 0.1) is 0 Å². The molecule has 1 amide bonds. The van der Waals surface area contributed by atoms with Gasteiger partial charge in [0, 0.05) is 24.7 Å². The first-order valence-corrected chi connectivity index (χ1v) is 7.25. The Morgan fingerprint density at radius 1 is 1.26 bits per heavy atom. The highest BCUT2D eigenvalue weighted by Gasteiger charge is 2.19. The van der Waals surface area contributed by atoms with Gasteiger partial charge in [-0.1, -0.05) is 26.0 Å². The van der Waals surface area contributed by atoms with Gasteiger partial charge in [0.25, 0.3) is 0 Å². The van der Waals surface area contributed by atoms with Crippen molar-refractivity contribution in [2.24, 2.45) is 5.92 Å². The Morgan fingerprint density at radius 2 is 1.95 bits per heavy atom. The van der Waals surface area contributed by atoms with E-state index in [1.54, 1.807) is 0 Å². The van der Waals surface area contributed by atoms with E-state index in [1.165, 1.54) is 18.4 Å². The van der Waals surface area contributed by atoms with Crippen LogP contribution in [0.25, 0.3) is 0 Å². The van der Waals surface area contributed by atoms with Gasteiger partial charge < -0.3 is 10.6 Å². The van der Waals surface area contributed by atoms with Crippen LogP contribution in [0.3, 0.4) is 0 Å². The number of benzene rings is 1. The summed E-state index contributed by atoms with van der Waals surface area (Å²) in [6.45, 7) is 5.19. The molecule has 1 aliphatic rings. The average molecular weight is 260 g/mol. The second-order valence-electron chi connectivity index (χ2n) is 5.83. The summed E-state index contributed by atoms with van der Waals surface area (Å²) in [6.07, 6.45) is 4.16. The molecule has 0 radical (unpaired) electrons. The minimum Gasteiger partial charge on any atom is -0.326 e. The highest BCUT2D eigenvalue weighted by Crippen LogP contribution is 2.19. The van der Waals surface area contributed by atoms with Crippen LogP contribution in [0.1, 0.15) is 45.1 Å². The number of carbonyl (C=O) groups excluding carboxylic acids is 1. The Bertz CT molecular complexity index is 407. The predicted molar refractivity (Wildman–Crippen MR) is 79.0 cm³/mol. The van der Waals surface area contributed by atoms with Gasteiger partial charge in [-0.15, -0.1) is 0 Å². The second-order valence-corrected chi connectivity index (χ2v) is 5.83. The highest BCUT2D eigenvalue weighted by molar-refractivity contribution is 5.90. The van der Waals surface area contributed by atoms with Crippen LogP contribution in [-0.2, 0) is 11.3 Å². The Morgan fingerprint density at radius 3 is 2.53 bits per heavy atom. The predicted octanol–water partition coefficient (Wildman–Crippen LogP) is 3.31. The largest absolute Gasteiger partial charge is 0.326 e. The molecule has 3 heteroatoms. The number of anilines is 1. The minimum atomic E-state index is 0.109. The molecular formula is C16H24N2O. The van der Waals surface area contributed by atoms with Crippen LogP contribution in [0.15, 0.2) is 24.3 Å². The smallest absolute Gasteiger partial charge is 0.224 e. The van der Waals surface area contributed by atoms with Crippen LogP contribution in [0.5, 0.6) is 0 Å². The van der Waals surface area contributed by atoms with E-state index in [2.05, 4.69) is 36.6 Å². The number of rotatable bonds is 7. The lowest BCUT2D eigenvalue weighted by Crippen LogP contribution is -2.15. The maximum absolute atomic E-state index is 11.7. The third-order valence-corrected chi connectivity index (χ3v) is 3.36. The van der Waals surface area contributed by atoms with Gasteiger partial charge in [0.15, 0.2) is 0 Å².